The number of amides is 1. The number of benzene rings is 1. The molecule has 6 heteroatoms. The van der Waals surface area contributed by atoms with Gasteiger partial charge in [0, 0.05) is 40.7 Å². The lowest BCUT2D eigenvalue weighted by molar-refractivity contribution is 0.102. The number of aromatic nitrogens is 2. The number of anilines is 2. The smallest absolute Gasteiger partial charge is 0.274 e. The third kappa shape index (κ3) is 2.38. The number of nitrogen functional groups attached to an aromatic ring is 1. The van der Waals surface area contributed by atoms with Crippen molar-refractivity contribution in [2.24, 2.45) is 0 Å². The predicted octanol–water partition coefficient (Wildman–Crippen LogP) is 2.60. The van der Waals surface area contributed by atoms with E-state index in [0.29, 0.717) is 16.8 Å². The average molecular weight is 282 g/mol. The Hall–Kier alpha value is -3.02. The SMILES string of the molecule is Nc1ccc(F)c2ccnc(C(=O)Nc3ccncc3)c12. The first-order chi connectivity index (χ1) is 10.2. The number of nitrogens with zero attached hydrogens (tertiary/aromatic N) is 2. The monoisotopic (exact) mass is 282 g/mol. The van der Waals surface area contributed by atoms with E-state index in [0.717, 1.165) is 0 Å². The minimum absolute atomic E-state index is 0.0845. The van der Waals surface area contributed by atoms with Gasteiger partial charge in [-0.25, -0.2) is 4.39 Å². The molecule has 2 heterocycles. The second kappa shape index (κ2) is 5.16. The van der Waals surface area contributed by atoms with E-state index in [2.05, 4.69) is 15.3 Å². The van der Waals surface area contributed by atoms with Gasteiger partial charge in [0.05, 0.1) is 0 Å². The summed E-state index contributed by atoms with van der Waals surface area (Å²) in [5.41, 5.74) is 6.82. The van der Waals surface area contributed by atoms with Gasteiger partial charge in [-0.1, -0.05) is 0 Å². The van der Waals surface area contributed by atoms with Gasteiger partial charge in [0.1, 0.15) is 11.5 Å². The molecule has 0 fully saturated rings. The Balaban J connectivity index is 2.08. The quantitative estimate of drug-likeness (QED) is 0.708. The Morgan fingerprint density at radius 1 is 1.10 bits per heavy atom. The van der Waals surface area contributed by atoms with Crippen molar-refractivity contribution in [1.82, 2.24) is 9.97 Å². The van der Waals surface area contributed by atoms with Crippen LogP contribution in [0.3, 0.4) is 0 Å². The van der Waals surface area contributed by atoms with Crippen LogP contribution in [0.2, 0.25) is 0 Å². The van der Waals surface area contributed by atoms with Crippen LogP contribution in [0.5, 0.6) is 0 Å². The molecule has 0 aliphatic rings. The maximum atomic E-state index is 13.8. The van der Waals surface area contributed by atoms with Crippen LogP contribution >= 0.6 is 0 Å². The number of fused-ring (bicyclic) bond motifs is 1. The molecule has 3 N–H and O–H groups in total. The standard InChI is InChI=1S/C15H11FN4O/c16-11-1-2-12(17)13-10(11)5-8-19-14(13)15(21)20-9-3-6-18-7-4-9/h1-8H,17H2,(H,18,20,21). The Morgan fingerprint density at radius 2 is 1.86 bits per heavy atom. The topological polar surface area (TPSA) is 80.9 Å². The maximum absolute atomic E-state index is 13.8. The van der Waals surface area contributed by atoms with E-state index in [-0.39, 0.29) is 11.1 Å². The summed E-state index contributed by atoms with van der Waals surface area (Å²) in [6.07, 6.45) is 4.49. The Kier molecular flexibility index (Phi) is 3.19. The number of halogens is 1. The minimum Gasteiger partial charge on any atom is -0.398 e. The number of hydrogen-bond acceptors (Lipinski definition) is 4. The van der Waals surface area contributed by atoms with E-state index in [9.17, 15) is 9.18 Å². The van der Waals surface area contributed by atoms with Gasteiger partial charge in [-0.15, -0.1) is 0 Å². The number of carbonyl (C=O) groups excluding carboxylic acids is 1. The Bertz CT molecular complexity index is 821. The van der Waals surface area contributed by atoms with Crippen molar-refractivity contribution in [3.8, 4) is 0 Å². The zero-order chi connectivity index (χ0) is 14.8. The lowest BCUT2D eigenvalue weighted by atomic mass is 10.1. The van der Waals surface area contributed by atoms with Gasteiger partial charge in [0.25, 0.3) is 5.91 Å². The molecule has 1 aromatic carbocycles. The van der Waals surface area contributed by atoms with Gasteiger partial charge >= 0.3 is 0 Å². The van der Waals surface area contributed by atoms with Crippen molar-refractivity contribution in [3.05, 3.63) is 60.4 Å². The van der Waals surface area contributed by atoms with E-state index in [1.165, 1.54) is 24.4 Å². The summed E-state index contributed by atoms with van der Waals surface area (Å²) < 4.78 is 13.8. The number of nitrogens with one attached hydrogen (secondary N) is 1. The fourth-order valence-corrected chi connectivity index (χ4v) is 2.09. The van der Waals surface area contributed by atoms with E-state index >= 15 is 0 Å². The first kappa shape index (κ1) is 13.0. The molecule has 3 rings (SSSR count). The molecule has 0 saturated heterocycles. The molecule has 0 spiro atoms. The van der Waals surface area contributed by atoms with Crippen molar-refractivity contribution < 1.29 is 9.18 Å². The van der Waals surface area contributed by atoms with Gasteiger partial charge in [-0.05, 0) is 30.3 Å². The van der Waals surface area contributed by atoms with Crippen LogP contribution < -0.4 is 11.1 Å². The van der Waals surface area contributed by atoms with E-state index in [1.54, 1.807) is 24.5 Å². The van der Waals surface area contributed by atoms with Gasteiger partial charge in [-0.3, -0.25) is 14.8 Å². The highest BCUT2D eigenvalue weighted by atomic mass is 19.1. The number of hydrogen-bond donors (Lipinski definition) is 2. The molecular formula is C15H11FN4O. The first-order valence-corrected chi connectivity index (χ1v) is 6.21. The van der Waals surface area contributed by atoms with Crippen LogP contribution in [0.25, 0.3) is 10.8 Å². The molecule has 1 amide bonds. The number of nitrogens with two attached hydrogens (primary N) is 1. The van der Waals surface area contributed by atoms with Crippen molar-refractivity contribution in [3.63, 3.8) is 0 Å². The normalized spacial score (nSPS) is 10.5. The molecular weight excluding hydrogens is 271 g/mol. The fraction of sp³-hybridized carbons (Fsp3) is 0. The lowest BCUT2D eigenvalue weighted by Crippen LogP contribution is -2.15. The highest BCUT2D eigenvalue weighted by Gasteiger charge is 2.16. The minimum atomic E-state index is -0.455. The summed E-state index contributed by atoms with van der Waals surface area (Å²) in [6.45, 7) is 0. The van der Waals surface area contributed by atoms with Crippen LogP contribution in [0.4, 0.5) is 15.8 Å². The molecule has 0 atom stereocenters. The summed E-state index contributed by atoms with van der Waals surface area (Å²) in [4.78, 5) is 20.2. The van der Waals surface area contributed by atoms with Crippen LogP contribution in [-0.2, 0) is 0 Å². The van der Waals surface area contributed by atoms with Crippen molar-refractivity contribution in [2.75, 3.05) is 11.1 Å². The molecule has 0 radical (unpaired) electrons. The second-order valence-corrected chi connectivity index (χ2v) is 4.41. The first-order valence-electron chi connectivity index (χ1n) is 6.21. The average Bonchev–Trinajstić information content (AvgIpc) is 2.51. The van der Waals surface area contributed by atoms with E-state index in [4.69, 9.17) is 5.73 Å². The largest absolute Gasteiger partial charge is 0.398 e. The highest BCUT2D eigenvalue weighted by Crippen LogP contribution is 2.26. The number of rotatable bonds is 2. The van der Waals surface area contributed by atoms with Crippen LogP contribution in [0.1, 0.15) is 10.5 Å². The molecule has 5 nitrogen and oxygen atoms in total. The van der Waals surface area contributed by atoms with Crippen molar-refractivity contribution >= 4 is 28.1 Å². The number of carbonyl (C=O) groups is 1. The third-order valence-corrected chi connectivity index (χ3v) is 3.06. The van der Waals surface area contributed by atoms with Crippen LogP contribution in [-0.4, -0.2) is 15.9 Å². The summed E-state index contributed by atoms with van der Waals surface area (Å²) in [7, 11) is 0. The molecule has 3 aromatic rings. The van der Waals surface area contributed by atoms with E-state index < -0.39 is 11.7 Å². The van der Waals surface area contributed by atoms with E-state index in [1.807, 2.05) is 0 Å². The molecule has 2 aromatic heterocycles. The third-order valence-electron chi connectivity index (χ3n) is 3.06. The second-order valence-electron chi connectivity index (χ2n) is 4.41. The van der Waals surface area contributed by atoms with Crippen molar-refractivity contribution in [2.45, 2.75) is 0 Å². The zero-order valence-corrected chi connectivity index (χ0v) is 10.9. The molecule has 0 saturated carbocycles. The summed E-state index contributed by atoms with van der Waals surface area (Å²) >= 11 is 0. The highest BCUT2D eigenvalue weighted by molar-refractivity contribution is 6.14. The Labute approximate surface area is 119 Å². The van der Waals surface area contributed by atoms with Gasteiger partial charge in [0.15, 0.2) is 0 Å². The van der Waals surface area contributed by atoms with Crippen LogP contribution in [0.15, 0.2) is 48.9 Å². The fourth-order valence-electron chi connectivity index (χ4n) is 2.09. The lowest BCUT2D eigenvalue weighted by Gasteiger charge is -2.09. The molecule has 104 valence electrons. The number of pyridine rings is 2. The van der Waals surface area contributed by atoms with Crippen LogP contribution in [0, 0.1) is 5.82 Å². The molecule has 0 aliphatic carbocycles. The predicted molar refractivity (Wildman–Crippen MR) is 78.3 cm³/mol. The summed E-state index contributed by atoms with van der Waals surface area (Å²) in [5.74, 6) is -0.899. The van der Waals surface area contributed by atoms with Gasteiger partial charge in [-0.2, -0.15) is 0 Å². The molecule has 21 heavy (non-hydrogen) atoms. The Morgan fingerprint density at radius 3 is 2.62 bits per heavy atom. The molecule has 0 aliphatic heterocycles. The van der Waals surface area contributed by atoms with Gasteiger partial charge in [0.2, 0.25) is 0 Å². The summed E-state index contributed by atoms with van der Waals surface area (Å²) in [5, 5.41) is 3.26. The zero-order valence-electron chi connectivity index (χ0n) is 10.9. The summed E-state index contributed by atoms with van der Waals surface area (Å²) in [6, 6.07) is 7.47. The van der Waals surface area contributed by atoms with Crippen molar-refractivity contribution in [1.29, 1.82) is 0 Å². The van der Waals surface area contributed by atoms with Gasteiger partial charge < -0.3 is 11.1 Å². The molecule has 0 bridgehead atoms. The maximum Gasteiger partial charge on any atom is 0.274 e. The molecule has 0 unspecified atom stereocenters.